The summed E-state index contributed by atoms with van der Waals surface area (Å²) in [7, 11) is 1.63. The van der Waals surface area contributed by atoms with Crippen molar-refractivity contribution in [3.05, 3.63) is 63.1 Å². The highest BCUT2D eigenvalue weighted by atomic mass is 79.9. The topological polar surface area (TPSA) is 73.5 Å². The fraction of sp³-hybridized carbons (Fsp3) is 0.211. The zero-order valence-electron chi connectivity index (χ0n) is 14.9. The number of hydrogen-bond acceptors (Lipinski definition) is 5. The molecule has 0 unspecified atom stereocenters. The quantitative estimate of drug-likeness (QED) is 0.527. The van der Waals surface area contributed by atoms with E-state index >= 15 is 0 Å². The highest BCUT2D eigenvalue weighted by Crippen LogP contribution is 2.27. The molecule has 0 aliphatic rings. The summed E-state index contributed by atoms with van der Waals surface area (Å²) in [4.78, 5) is 12.7. The summed E-state index contributed by atoms with van der Waals surface area (Å²) in [5.74, 6) is 2.03. The lowest BCUT2D eigenvalue weighted by atomic mass is 10.2. The summed E-state index contributed by atoms with van der Waals surface area (Å²) >= 11 is 3.54. The molecule has 1 N–H and O–H groups in total. The highest BCUT2D eigenvalue weighted by Gasteiger charge is 2.15. The van der Waals surface area contributed by atoms with Gasteiger partial charge in [-0.2, -0.15) is 0 Å². The minimum absolute atomic E-state index is 0.0527. The maximum atomic E-state index is 12.7. The number of nitrogens with one attached hydrogen (secondary N) is 1. The third-order valence-electron chi connectivity index (χ3n) is 4.50. The second-order valence-corrected chi connectivity index (χ2v) is 6.87. The molecule has 4 aromatic rings. The smallest absolute Gasteiger partial charge is 0.262 e. The third-order valence-corrected chi connectivity index (χ3v) is 5.19. The van der Waals surface area contributed by atoms with Gasteiger partial charge >= 0.3 is 0 Å². The van der Waals surface area contributed by atoms with E-state index in [1.54, 1.807) is 11.7 Å². The minimum Gasteiger partial charge on any atom is -0.497 e. The van der Waals surface area contributed by atoms with Crippen molar-refractivity contribution >= 4 is 38.3 Å². The van der Waals surface area contributed by atoms with Crippen molar-refractivity contribution in [2.45, 2.75) is 20.0 Å². The van der Waals surface area contributed by atoms with Crippen LogP contribution in [0, 0.1) is 0 Å². The van der Waals surface area contributed by atoms with E-state index in [9.17, 15) is 4.79 Å². The molecule has 0 aliphatic carbocycles. The van der Waals surface area contributed by atoms with E-state index in [1.807, 2.05) is 53.8 Å². The Hall–Kier alpha value is -2.87. The molecule has 0 atom stereocenters. The first kappa shape index (κ1) is 17.5. The number of nitrogens with zero attached hydrogens (tertiary/aromatic N) is 4. The molecule has 0 saturated carbocycles. The lowest BCUT2D eigenvalue weighted by Gasteiger charge is -2.12. The number of anilines is 1. The van der Waals surface area contributed by atoms with E-state index in [0.717, 1.165) is 27.3 Å². The number of aromatic nitrogens is 4. The first-order chi connectivity index (χ1) is 13.1. The largest absolute Gasteiger partial charge is 0.497 e. The molecule has 2 heterocycles. The number of hydrogen-bond donors (Lipinski definition) is 1. The molecule has 0 bridgehead atoms. The Morgan fingerprint density at radius 1 is 1.19 bits per heavy atom. The van der Waals surface area contributed by atoms with Gasteiger partial charge < -0.3 is 10.1 Å². The molecule has 8 heteroatoms. The molecule has 2 aromatic heterocycles. The molecule has 138 valence electrons. The van der Waals surface area contributed by atoms with Gasteiger partial charge in [0.25, 0.3) is 5.56 Å². The highest BCUT2D eigenvalue weighted by molar-refractivity contribution is 9.10. The van der Waals surface area contributed by atoms with Crippen LogP contribution in [0.1, 0.15) is 12.7 Å². The van der Waals surface area contributed by atoms with Gasteiger partial charge in [0.1, 0.15) is 5.75 Å². The number of benzene rings is 2. The predicted octanol–water partition coefficient (Wildman–Crippen LogP) is 3.45. The van der Waals surface area contributed by atoms with Crippen molar-refractivity contribution in [1.29, 1.82) is 0 Å². The van der Waals surface area contributed by atoms with E-state index < -0.39 is 0 Å². The lowest BCUT2D eigenvalue weighted by molar-refractivity contribution is 0.415. The first-order valence-electron chi connectivity index (χ1n) is 8.57. The molecular weight excluding hydrogens is 410 g/mol. The number of halogens is 1. The van der Waals surface area contributed by atoms with Crippen LogP contribution in [0.5, 0.6) is 5.75 Å². The van der Waals surface area contributed by atoms with Crippen molar-refractivity contribution in [1.82, 2.24) is 19.2 Å². The third kappa shape index (κ3) is 2.95. The second-order valence-electron chi connectivity index (χ2n) is 6.02. The number of methoxy groups -OCH3 is 1. The van der Waals surface area contributed by atoms with Crippen LogP contribution in [0.2, 0.25) is 0 Å². The fourth-order valence-electron chi connectivity index (χ4n) is 3.16. The number of fused-ring (bicyclic) bond motifs is 3. The zero-order chi connectivity index (χ0) is 19.0. The molecule has 27 heavy (non-hydrogen) atoms. The number of para-hydroxylation sites is 1. The van der Waals surface area contributed by atoms with Crippen LogP contribution < -0.4 is 15.6 Å². The zero-order valence-corrected chi connectivity index (χ0v) is 16.5. The number of aryl methyl sites for hydroxylation is 1. The average molecular weight is 428 g/mol. The van der Waals surface area contributed by atoms with E-state index in [0.29, 0.717) is 24.3 Å². The molecular formula is C19H18BrN5O2. The Morgan fingerprint density at radius 3 is 2.78 bits per heavy atom. The molecule has 0 saturated heterocycles. The molecule has 0 amide bonds. The van der Waals surface area contributed by atoms with Gasteiger partial charge in [0.15, 0.2) is 5.82 Å². The molecule has 2 aromatic carbocycles. The van der Waals surface area contributed by atoms with Gasteiger partial charge in [-0.05, 0) is 47.1 Å². The van der Waals surface area contributed by atoms with Gasteiger partial charge in [-0.1, -0.05) is 12.1 Å². The van der Waals surface area contributed by atoms with Gasteiger partial charge in [0.2, 0.25) is 5.78 Å². The van der Waals surface area contributed by atoms with Crippen LogP contribution in [-0.4, -0.2) is 26.3 Å². The molecule has 0 radical (unpaired) electrons. The van der Waals surface area contributed by atoms with E-state index in [1.165, 1.54) is 0 Å². The molecule has 0 aliphatic heterocycles. The fourth-order valence-corrected chi connectivity index (χ4v) is 3.54. The van der Waals surface area contributed by atoms with E-state index in [2.05, 4.69) is 31.4 Å². The normalized spacial score (nSPS) is 11.2. The molecule has 0 spiro atoms. The summed E-state index contributed by atoms with van der Waals surface area (Å²) in [5.41, 5.74) is 1.64. The van der Waals surface area contributed by atoms with E-state index in [4.69, 9.17) is 4.74 Å². The Kier molecular flexibility index (Phi) is 4.57. The Morgan fingerprint density at radius 2 is 2.00 bits per heavy atom. The first-order valence-corrected chi connectivity index (χ1v) is 9.36. The molecule has 4 rings (SSSR count). The summed E-state index contributed by atoms with van der Waals surface area (Å²) < 4.78 is 9.78. The van der Waals surface area contributed by atoms with Gasteiger partial charge in [-0.25, -0.2) is 0 Å². The number of rotatable bonds is 5. The summed E-state index contributed by atoms with van der Waals surface area (Å²) in [5, 5.41) is 12.6. The summed E-state index contributed by atoms with van der Waals surface area (Å²) in [6.07, 6.45) is 0. The summed E-state index contributed by atoms with van der Waals surface area (Å²) in [6, 6.07) is 13.2. The van der Waals surface area contributed by atoms with Crippen molar-refractivity contribution in [2.24, 2.45) is 0 Å². The maximum Gasteiger partial charge on any atom is 0.262 e. The minimum atomic E-state index is -0.0527. The van der Waals surface area contributed by atoms with E-state index in [-0.39, 0.29) is 5.56 Å². The van der Waals surface area contributed by atoms with Crippen LogP contribution in [0.25, 0.3) is 16.7 Å². The van der Waals surface area contributed by atoms with Crippen molar-refractivity contribution in [2.75, 3.05) is 12.4 Å². The lowest BCUT2D eigenvalue weighted by Crippen LogP contribution is -2.22. The van der Waals surface area contributed by atoms with Crippen LogP contribution in [0.3, 0.4) is 0 Å². The van der Waals surface area contributed by atoms with Crippen LogP contribution in [0.4, 0.5) is 5.69 Å². The van der Waals surface area contributed by atoms with Crippen molar-refractivity contribution in [3.63, 3.8) is 0 Å². The Balaban J connectivity index is 1.82. The molecule has 7 nitrogen and oxygen atoms in total. The van der Waals surface area contributed by atoms with Gasteiger partial charge in [-0.3, -0.25) is 13.8 Å². The van der Waals surface area contributed by atoms with Gasteiger partial charge in [0, 0.05) is 17.1 Å². The van der Waals surface area contributed by atoms with Crippen LogP contribution >= 0.6 is 15.9 Å². The Bertz CT molecular complexity index is 1200. The number of ether oxygens (including phenoxy) is 1. The van der Waals surface area contributed by atoms with Crippen molar-refractivity contribution < 1.29 is 4.74 Å². The van der Waals surface area contributed by atoms with Gasteiger partial charge in [-0.15, -0.1) is 10.2 Å². The maximum absolute atomic E-state index is 12.7. The predicted molar refractivity (Wildman–Crippen MR) is 108 cm³/mol. The monoisotopic (exact) mass is 427 g/mol. The standard InChI is InChI=1S/C19H18BrN5O2/c1-3-24-18(26)13-6-4-5-7-16(13)25-17(22-23-19(24)25)11-21-15-10-12(27-2)8-9-14(15)20/h4-10,21H,3,11H2,1-2H3. The van der Waals surface area contributed by atoms with Crippen molar-refractivity contribution in [3.8, 4) is 5.75 Å². The molecule has 0 fully saturated rings. The van der Waals surface area contributed by atoms with Gasteiger partial charge in [0.05, 0.1) is 30.2 Å². The summed E-state index contributed by atoms with van der Waals surface area (Å²) in [6.45, 7) is 2.90. The average Bonchev–Trinajstić information content (AvgIpc) is 3.12. The SMILES string of the molecule is CCn1c(=O)c2ccccc2n2c(CNc3cc(OC)ccc3Br)nnc12. The second kappa shape index (κ2) is 7.03. The van der Waals surface area contributed by atoms with Crippen LogP contribution in [0.15, 0.2) is 51.7 Å². The van der Waals surface area contributed by atoms with Crippen LogP contribution in [-0.2, 0) is 13.1 Å². The Labute approximate surface area is 163 Å².